The molecule has 0 aromatic heterocycles. The zero-order chi connectivity index (χ0) is 17.7. The van der Waals surface area contributed by atoms with Gasteiger partial charge in [-0.1, -0.05) is 11.6 Å². The van der Waals surface area contributed by atoms with Gasteiger partial charge < -0.3 is 14.2 Å². The number of halogens is 1. The SMILES string of the molecule is O=S(=O)(CC1CCCCO1)Nc1cc(Cl)ccc1OCC1CCCO1. The van der Waals surface area contributed by atoms with Crippen LogP contribution in [0.4, 0.5) is 5.69 Å². The molecule has 6 nitrogen and oxygen atoms in total. The van der Waals surface area contributed by atoms with Crippen LogP contribution in [0.15, 0.2) is 18.2 Å². The topological polar surface area (TPSA) is 73.9 Å². The number of hydrogen-bond donors (Lipinski definition) is 1. The third kappa shape index (κ3) is 5.74. The van der Waals surface area contributed by atoms with Gasteiger partial charge in [-0.2, -0.15) is 0 Å². The highest BCUT2D eigenvalue weighted by atomic mass is 35.5. The quantitative estimate of drug-likeness (QED) is 0.775. The minimum Gasteiger partial charge on any atom is -0.489 e. The van der Waals surface area contributed by atoms with Gasteiger partial charge in [-0.05, 0) is 50.3 Å². The lowest BCUT2D eigenvalue weighted by Crippen LogP contribution is -2.31. The molecule has 0 amide bonds. The normalized spacial score (nSPS) is 24.2. The second kappa shape index (κ2) is 8.58. The van der Waals surface area contributed by atoms with Crippen molar-refractivity contribution in [1.82, 2.24) is 0 Å². The summed E-state index contributed by atoms with van der Waals surface area (Å²) in [5.74, 6) is 0.387. The number of rotatable bonds is 7. The molecule has 2 heterocycles. The van der Waals surface area contributed by atoms with E-state index in [0.29, 0.717) is 29.7 Å². The number of anilines is 1. The Bertz CT molecular complexity index is 670. The summed E-state index contributed by atoms with van der Waals surface area (Å²) in [5, 5.41) is 0.441. The van der Waals surface area contributed by atoms with Crippen molar-refractivity contribution in [1.29, 1.82) is 0 Å². The van der Waals surface area contributed by atoms with Crippen LogP contribution in [0.3, 0.4) is 0 Å². The van der Waals surface area contributed by atoms with Crippen molar-refractivity contribution in [3.05, 3.63) is 23.2 Å². The van der Waals surface area contributed by atoms with E-state index in [1.165, 1.54) is 0 Å². The van der Waals surface area contributed by atoms with E-state index in [2.05, 4.69) is 4.72 Å². The van der Waals surface area contributed by atoms with Crippen LogP contribution in [-0.4, -0.2) is 46.2 Å². The van der Waals surface area contributed by atoms with E-state index in [1.54, 1.807) is 18.2 Å². The summed E-state index contributed by atoms with van der Waals surface area (Å²) in [6.07, 6.45) is 4.51. The summed E-state index contributed by atoms with van der Waals surface area (Å²) in [7, 11) is -3.56. The minimum atomic E-state index is -3.56. The van der Waals surface area contributed by atoms with Gasteiger partial charge in [0.25, 0.3) is 0 Å². The van der Waals surface area contributed by atoms with E-state index in [-0.39, 0.29) is 18.0 Å². The largest absolute Gasteiger partial charge is 0.489 e. The molecular weight excluding hydrogens is 366 g/mol. The molecule has 1 N–H and O–H groups in total. The Labute approximate surface area is 153 Å². The predicted molar refractivity (Wildman–Crippen MR) is 96.9 cm³/mol. The summed E-state index contributed by atoms with van der Waals surface area (Å²) >= 11 is 6.03. The van der Waals surface area contributed by atoms with Crippen molar-refractivity contribution >= 4 is 27.3 Å². The van der Waals surface area contributed by atoms with E-state index >= 15 is 0 Å². The molecule has 25 heavy (non-hydrogen) atoms. The molecule has 0 aliphatic carbocycles. The second-order valence-electron chi connectivity index (χ2n) is 6.46. The van der Waals surface area contributed by atoms with E-state index < -0.39 is 10.0 Å². The molecule has 140 valence electrons. The van der Waals surface area contributed by atoms with E-state index in [0.717, 1.165) is 38.7 Å². The molecule has 2 unspecified atom stereocenters. The summed E-state index contributed by atoms with van der Waals surface area (Å²) < 4.78 is 44.4. The van der Waals surface area contributed by atoms with Crippen LogP contribution in [0.25, 0.3) is 0 Å². The van der Waals surface area contributed by atoms with Gasteiger partial charge in [-0.25, -0.2) is 8.42 Å². The fourth-order valence-electron chi connectivity index (χ4n) is 3.06. The second-order valence-corrected chi connectivity index (χ2v) is 8.66. The molecular formula is C17H24ClNO5S. The number of hydrogen-bond acceptors (Lipinski definition) is 5. The van der Waals surface area contributed by atoms with E-state index in [1.807, 2.05) is 0 Å². The zero-order valence-electron chi connectivity index (χ0n) is 14.1. The van der Waals surface area contributed by atoms with Gasteiger partial charge in [-0.15, -0.1) is 0 Å². The first-order chi connectivity index (χ1) is 12.0. The fraction of sp³-hybridized carbons (Fsp3) is 0.647. The van der Waals surface area contributed by atoms with Crippen LogP contribution in [0, 0.1) is 0 Å². The van der Waals surface area contributed by atoms with Gasteiger partial charge in [0, 0.05) is 18.2 Å². The summed E-state index contributed by atoms with van der Waals surface area (Å²) in [6.45, 7) is 1.75. The Hall–Kier alpha value is -1.02. The van der Waals surface area contributed by atoms with Crippen LogP contribution in [0.2, 0.25) is 5.02 Å². The Morgan fingerprint density at radius 3 is 2.60 bits per heavy atom. The number of nitrogens with one attached hydrogen (secondary N) is 1. The van der Waals surface area contributed by atoms with Crippen molar-refractivity contribution < 1.29 is 22.6 Å². The smallest absolute Gasteiger partial charge is 0.235 e. The summed E-state index contributed by atoms with van der Waals surface area (Å²) in [4.78, 5) is 0. The first-order valence-electron chi connectivity index (χ1n) is 8.68. The predicted octanol–water partition coefficient (Wildman–Crippen LogP) is 3.21. The fourth-order valence-corrected chi connectivity index (χ4v) is 4.56. The molecule has 2 atom stereocenters. The lowest BCUT2D eigenvalue weighted by atomic mass is 10.1. The highest BCUT2D eigenvalue weighted by Crippen LogP contribution is 2.30. The van der Waals surface area contributed by atoms with Crippen molar-refractivity contribution in [3.8, 4) is 5.75 Å². The average Bonchev–Trinajstić information content (AvgIpc) is 3.07. The third-order valence-corrected chi connectivity index (χ3v) is 5.91. The highest BCUT2D eigenvalue weighted by molar-refractivity contribution is 7.92. The average molecular weight is 390 g/mol. The standard InChI is InChI=1S/C17H24ClNO5S/c18-13-6-7-17(24-11-14-5-3-9-22-14)16(10-13)19-25(20,21)12-15-4-1-2-8-23-15/h6-7,10,14-15,19H,1-5,8-9,11-12H2. The van der Waals surface area contributed by atoms with Gasteiger partial charge in [0.15, 0.2) is 0 Å². The summed E-state index contributed by atoms with van der Waals surface area (Å²) in [6, 6.07) is 4.91. The molecule has 2 fully saturated rings. The van der Waals surface area contributed by atoms with Crippen LogP contribution in [0.1, 0.15) is 32.1 Å². The van der Waals surface area contributed by atoms with Gasteiger partial charge in [-0.3, -0.25) is 4.72 Å². The van der Waals surface area contributed by atoms with Gasteiger partial charge >= 0.3 is 0 Å². The molecule has 1 aromatic carbocycles. The van der Waals surface area contributed by atoms with Gasteiger partial charge in [0.05, 0.1) is 23.6 Å². The Morgan fingerprint density at radius 2 is 1.88 bits per heavy atom. The first-order valence-corrected chi connectivity index (χ1v) is 10.7. The van der Waals surface area contributed by atoms with Gasteiger partial charge in [0.1, 0.15) is 12.4 Å². The lowest BCUT2D eigenvalue weighted by molar-refractivity contribution is 0.0306. The molecule has 0 spiro atoms. The molecule has 0 bridgehead atoms. The third-order valence-electron chi connectivity index (χ3n) is 4.34. The molecule has 1 aromatic rings. The van der Waals surface area contributed by atoms with Crippen molar-refractivity contribution in [2.75, 3.05) is 30.3 Å². The maximum Gasteiger partial charge on any atom is 0.235 e. The Kier molecular flexibility index (Phi) is 6.44. The Balaban J connectivity index is 1.65. The zero-order valence-corrected chi connectivity index (χ0v) is 15.7. The van der Waals surface area contributed by atoms with Crippen LogP contribution in [0.5, 0.6) is 5.75 Å². The molecule has 8 heteroatoms. The summed E-state index contributed by atoms with van der Waals surface area (Å²) in [5.41, 5.74) is 0.348. The molecule has 2 saturated heterocycles. The molecule has 0 saturated carbocycles. The van der Waals surface area contributed by atoms with Crippen molar-refractivity contribution in [2.45, 2.75) is 44.3 Å². The maximum absolute atomic E-state index is 12.5. The molecule has 0 radical (unpaired) electrons. The van der Waals surface area contributed by atoms with Crippen LogP contribution in [-0.2, 0) is 19.5 Å². The monoisotopic (exact) mass is 389 g/mol. The number of ether oxygens (including phenoxy) is 3. The van der Waals surface area contributed by atoms with Gasteiger partial charge in [0.2, 0.25) is 10.0 Å². The molecule has 2 aliphatic rings. The first kappa shape index (κ1) is 18.8. The molecule has 2 aliphatic heterocycles. The maximum atomic E-state index is 12.5. The van der Waals surface area contributed by atoms with Crippen LogP contribution < -0.4 is 9.46 Å². The lowest BCUT2D eigenvalue weighted by Gasteiger charge is -2.23. The molecule has 3 rings (SSSR count). The van der Waals surface area contributed by atoms with Crippen LogP contribution >= 0.6 is 11.6 Å². The van der Waals surface area contributed by atoms with Crippen molar-refractivity contribution in [2.24, 2.45) is 0 Å². The number of benzene rings is 1. The van der Waals surface area contributed by atoms with E-state index in [9.17, 15) is 8.42 Å². The Morgan fingerprint density at radius 1 is 1.12 bits per heavy atom. The van der Waals surface area contributed by atoms with E-state index in [4.69, 9.17) is 25.8 Å². The van der Waals surface area contributed by atoms with Crippen molar-refractivity contribution in [3.63, 3.8) is 0 Å². The number of sulfonamides is 1. The highest BCUT2D eigenvalue weighted by Gasteiger charge is 2.24. The minimum absolute atomic E-state index is 0.0516.